The first-order valence-corrected chi connectivity index (χ1v) is 9.37. The van der Waals surface area contributed by atoms with Gasteiger partial charge in [0.15, 0.2) is 0 Å². The van der Waals surface area contributed by atoms with Gasteiger partial charge in [-0.15, -0.1) is 23.2 Å². The fraction of sp³-hybridized carbons (Fsp3) is 0.400. The van der Waals surface area contributed by atoms with E-state index < -0.39 is 4.84 Å². The molecule has 0 unspecified atom stereocenters. The van der Waals surface area contributed by atoms with E-state index in [4.69, 9.17) is 39.5 Å². The Morgan fingerprint density at radius 1 is 0.875 bits per heavy atom. The third-order valence-electron chi connectivity index (χ3n) is 4.05. The lowest BCUT2D eigenvalue weighted by atomic mass is 9.96. The second-order valence-electron chi connectivity index (χ2n) is 6.54. The zero-order valence-electron chi connectivity index (χ0n) is 14.4. The van der Waals surface area contributed by atoms with E-state index in [9.17, 15) is 0 Å². The lowest BCUT2D eigenvalue weighted by Crippen LogP contribution is -2.04. The quantitative estimate of drug-likeness (QED) is 0.464. The standard InChI is InChI=1S/C20H23Cl3O/c1-12(2)14-6-8-17(13(3)4)19(9-14)24-11-15-5-7-16(21)10-18(15)20(22)23/h5-10,12-13,20H,11H2,1-4H3. The van der Waals surface area contributed by atoms with Crippen molar-refractivity contribution in [2.24, 2.45) is 0 Å². The summed E-state index contributed by atoms with van der Waals surface area (Å²) in [6.07, 6.45) is 0. The summed E-state index contributed by atoms with van der Waals surface area (Å²) in [6.45, 7) is 9.09. The van der Waals surface area contributed by atoms with E-state index in [0.29, 0.717) is 23.5 Å². The summed E-state index contributed by atoms with van der Waals surface area (Å²) in [5.74, 6) is 1.76. The maximum Gasteiger partial charge on any atom is 0.133 e. The first-order valence-electron chi connectivity index (χ1n) is 8.12. The summed E-state index contributed by atoms with van der Waals surface area (Å²) in [7, 11) is 0. The largest absolute Gasteiger partial charge is 0.489 e. The fourth-order valence-electron chi connectivity index (χ4n) is 2.57. The van der Waals surface area contributed by atoms with Gasteiger partial charge in [-0.2, -0.15) is 0 Å². The SMILES string of the molecule is CC(C)c1ccc(C(C)C)c(OCc2ccc(Cl)cc2C(Cl)Cl)c1. The van der Waals surface area contributed by atoms with Crippen molar-refractivity contribution >= 4 is 34.8 Å². The van der Waals surface area contributed by atoms with Crippen LogP contribution in [-0.4, -0.2) is 0 Å². The van der Waals surface area contributed by atoms with E-state index in [1.165, 1.54) is 11.1 Å². The van der Waals surface area contributed by atoms with Gasteiger partial charge in [-0.25, -0.2) is 0 Å². The monoisotopic (exact) mass is 384 g/mol. The molecule has 0 amide bonds. The van der Waals surface area contributed by atoms with Gasteiger partial charge in [-0.1, -0.05) is 57.5 Å². The van der Waals surface area contributed by atoms with Gasteiger partial charge in [0.2, 0.25) is 0 Å². The van der Waals surface area contributed by atoms with Crippen LogP contribution in [0, 0.1) is 0 Å². The van der Waals surface area contributed by atoms with Crippen LogP contribution in [0.2, 0.25) is 5.02 Å². The Balaban J connectivity index is 2.30. The number of halogens is 3. The van der Waals surface area contributed by atoms with Crippen molar-refractivity contribution < 1.29 is 4.74 Å². The third kappa shape index (κ3) is 4.81. The Morgan fingerprint density at radius 2 is 1.58 bits per heavy atom. The van der Waals surface area contributed by atoms with Gasteiger partial charge in [0, 0.05) is 5.02 Å². The molecule has 0 aliphatic carbocycles. The molecule has 0 N–H and O–H groups in total. The molecule has 0 saturated heterocycles. The van der Waals surface area contributed by atoms with Crippen LogP contribution in [0.25, 0.3) is 0 Å². The molecule has 1 nitrogen and oxygen atoms in total. The zero-order chi connectivity index (χ0) is 17.9. The highest BCUT2D eigenvalue weighted by atomic mass is 35.5. The van der Waals surface area contributed by atoms with Crippen molar-refractivity contribution in [3.8, 4) is 5.75 Å². The number of ether oxygens (including phenoxy) is 1. The topological polar surface area (TPSA) is 9.23 Å². The molecule has 2 rings (SSSR count). The summed E-state index contributed by atoms with van der Waals surface area (Å²) in [4.78, 5) is -0.631. The molecule has 0 atom stereocenters. The maximum atomic E-state index is 6.15. The van der Waals surface area contributed by atoms with E-state index in [1.807, 2.05) is 12.1 Å². The number of hydrogen-bond donors (Lipinski definition) is 0. The first-order chi connectivity index (χ1) is 11.3. The summed E-state index contributed by atoms with van der Waals surface area (Å²) >= 11 is 18.2. The van der Waals surface area contributed by atoms with Crippen LogP contribution in [0.4, 0.5) is 0 Å². The van der Waals surface area contributed by atoms with Crippen LogP contribution in [0.1, 0.15) is 66.6 Å². The minimum Gasteiger partial charge on any atom is -0.489 e. The molecule has 24 heavy (non-hydrogen) atoms. The molecule has 0 radical (unpaired) electrons. The van der Waals surface area contributed by atoms with E-state index >= 15 is 0 Å². The molecular formula is C20H23Cl3O. The molecule has 0 aliphatic rings. The van der Waals surface area contributed by atoms with Gasteiger partial charge in [0.05, 0.1) is 0 Å². The molecule has 0 heterocycles. The van der Waals surface area contributed by atoms with Crippen LogP contribution in [-0.2, 0) is 6.61 Å². The molecule has 130 valence electrons. The number of benzene rings is 2. The molecule has 0 aliphatic heterocycles. The average Bonchev–Trinajstić information content (AvgIpc) is 2.52. The van der Waals surface area contributed by atoms with Crippen LogP contribution >= 0.6 is 34.8 Å². The van der Waals surface area contributed by atoms with E-state index in [-0.39, 0.29) is 0 Å². The summed E-state index contributed by atoms with van der Waals surface area (Å²) in [5, 5.41) is 0.615. The fourth-order valence-corrected chi connectivity index (χ4v) is 3.15. The second-order valence-corrected chi connectivity index (χ2v) is 8.07. The molecule has 0 fully saturated rings. The van der Waals surface area contributed by atoms with Crippen molar-refractivity contribution in [1.29, 1.82) is 0 Å². The molecule has 0 bridgehead atoms. The highest BCUT2D eigenvalue weighted by molar-refractivity contribution is 6.44. The van der Waals surface area contributed by atoms with Crippen molar-refractivity contribution in [3.05, 3.63) is 63.7 Å². The Labute approximate surface area is 159 Å². The lowest BCUT2D eigenvalue weighted by Gasteiger charge is -2.18. The second kappa shape index (κ2) is 8.47. The molecule has 0 saturated carbocycles. The van der Waals surface area contributed by atoms with Gasteiger partial charge >= 0.3 is 0 Å². The van der Waals surface area contributed by atoms with Crippen LogP contribution in [0.15, 0.2) is 36.4 Å². The summed E-state index contributed by atoms with van der Waals surface area (Å²) in [5.41, 5.74) is 4.19. The summed E-state index contributed by atoms with van der Waals surface area (Å²) in [6, 6.07) is 12.0. The first kappa shape index (κ1) is 19.4. The van der Waals surface area contributed by atoms with E-state index in [2.05, 4.69) is 45.9 Å². The Morgan fingerprint density at radius 3 is 2.17 bits per heavy atom. The average molecular weight is 386 g/mol. The molecule has 0 spiro atoms. The van der Waals surface area contributed by atoms with Crippen LogP contribution in [0.5, 0.6) is 5.75 Å². The maximum absolute atomic E-state index is 6.15. The van der Waals surface area contributed by atoms with Gasteiger partial charge in [0.1, 0.15) is 17.2 Å². The number of hydrogen-bond acceptors (Lipinski definition) is 1. The minimum absolute atomic E-state index is 0.389. The molecule has 0 aromatic heterocycles. The molecular weight excluding hydrogens is 363 g/mol. The van der Waals surface area contributed by atoms with Gasteiger partial charge in [-0.05, 0) is 52.3 Å². The Bertz CT molecular complexity index is 693. The van der Waals surface area contributed by atoms with Gasteiger partial charge in [-0.3, -0.25) is 0 Å². The smallest absolute Gasteiger partial charge is 0.133 e. The van der Waals surface area contributed by atoms with Gasteiger partial charge < -0.3 is 4.74 Å². The molecule has 4 heteroatoms. The van der Waals surface area contributed by atoms with Gasteiger partial charge in [0.25, 0.3) is 0 Å². The van der Waals surface area contributed by atoms with Crippen LogP contribution in [0.3, 0.4) is 0 Å². The van der Waals surface area contributed by atoms with Crippen molar-refractivity contribution in [3.63, 3.8) is 0 Å². The molecule has 2 aromatic carbocycles. The van der Waals surface area contributed by atoms with Crippen molar-refractivity contribution in [1.82, 2.24) is 0 Å². The lowest BCUT2D eigenvalue weighted by molar-refractivity contribution is 0.300. The number of alkyl halides is 2. The predicted octanol–water partition coefficient (Wildman–Crippen LogP) is 7.64. The van der Waals surface area contributed by atoms with E-state index in [1.54, 1.807) is 6.07 Å². The van der Waals surface area contributed by atoms with Crippen molar-refractivity contribution in [2.45, 2.75) is 51.0 Å². The van der Waals surface area contributed by atoms with Crippen LogP contribution < -0.4 is 4.74 Å². The molecule has 2 aromatic rings. The highest BCUT2D eigenvalue weighted by Crippen LogP contribution is 2.33. The normalized spacial score (nSPS) is 11.6. The zero-order valence-corrected chi connectivity index (χ0v) is 16.7. The summed E-state index contributed by atoms with van der Waals surface area (Å²) < 4.78 is 6.15. The Kier molecular flexibility index (Phi) is 6.86. The Hall–Kier alpha value is -0.890. The minimum atomic E-state index is -0.631. The third-order valence-corrected chi connectivity index (χ3v) is 4.76. The van der Waals surface area contributed by atoms with Crippen molar-refractivity contribution in [2.75, 3.05) is 0 Å². The predicted molar refractivity (Wildman–Crippen MR) is 105 cm³/mol. The number of rotatable bonds is 6. The highest BCUT2D eigenvalue weighted by Gasteiger charge is 2.14. The van der Waals surface area contributed by atoms with E-state index in [0.717, 1.165) is 16.9 Å².